The Morgan fingerprint density at radius 3 is 2.71 bits per heavy atom. The van der Waals surface area contributed by atoms with Crippen LogP contribution in [-0.2, 0) is 13.0 Å². The molecule has 3 aromatic rings. The van der Waals surface area contributed by atoms with Gasteiger partial charge in [-0.2, -0.15) is 0 Å². The highest BCUT2D eigenvalue weighted by atomic mass is 19.1. The molecule has 2 aromatic carbocycles. The smallest absolute Gasteiger partial charge is 0.288 e. The molecular formula is C26H25FN6O. The Morgan fingerprint density at radius 1 is 1.15 bits per heavy atom. The number of nitrogens with zero attached hydrogens (tertiary/aromatic N) is 4. The molecule has 0 amide bonds. The van der Waals surface area contributed by atoms with Gasteiger partial charge in [0, 0.05) is 44.0 Å². The third-order valence-electron chi connectivity index (χ3n) is 6.03. The molecule has 8 heteroatoms. The van der Waals surface area contributed by atoms with E-state index in [1.807, 2.05) is 31.2 Å². The Balaban J connectivity index is 1.33. The molecule has 0 spiro atoms. The van der Waals surface area contributed by atoms with Gasteiger partial charge in [0.2, 0.25) is 5.88 Å². The van der Waals surface area contributed by atoms with Crippen molar-refractivity contribution in [2.75, 3.05) is 31.5 Å². The first-order chi connectivity index (χ1) is 16.6. The van der Waals surface area contributed by atoms with E-state index >= 15 is 4.39 Å². The lowest BCUT2D eigenvalue weighted by molar-refractivity contribution is 0.233. The molecule has 1 saturated heterocycles. The van der Waals surface area contributed by atoms with Gasteiger partial charge in [0.1, 0.15) is 12.1 Å². The van der Waals surface area contributed by atoms with Crippen molar-refractivity contribution in [1.29, 1.82) is 0 Å². The van der Waals surface area contributed by atoms with E-state index in [9.17, 15) is 0 Å². The molecule has 2 N–H and O–H groups in total. The molecule has 34 heavy (non-hydrogen) atoms. The third-order valence-corrected chi connectivity index (χ3v) is 6.03. The Labute approximate surface area is 198 Å². The van der Waals surface area contributed by atoms with E-state index in [1.54, 1.807) is 6.07 Å². The summed E-state index contributed by atoms with van der Waals surface area (Å²) >= 11 is 0. The fourth-order valence-electron chi connectivity index (χ4n) is 4.29. The van der Waals surface area contributed by atoms with Crippen LogP contribution in [0.15, 0.2) is 48.3 Å². The van der Waals surface area contributed by atoms with Gasteiger partial charge in [-0.3, -0.25) is 4.90 Å². The Bertz CT molecular complexity index is 1280. The lowest BCUT2D eigenvalue weighted by atomic mass is 10.1. The van der Waals surface area contributed by atoms with Crippen LogP contribution < -0.4 is 15.4 Å². The predicted molar refractivity (Wildman–Crippen MR) is 130 cm³/mol. The Kier molecular flexibility index (Phi) is 6.21. The highest BCUT2D eigenvalue weighted by molar-refractivity contribution is 5.75. The number of hydrogen-bond acceptors (Lipinski definition) is 6. The molecule has 0 saturated carbocycles. The minimum absolute atomic E-state index is 0.0142. The van der Waals surface area contributed by atoms with Crippen LogP contribution in [0.5, 0.6) is 11.6 Å². The van der Waals surface area contributed by atoms with E-state index < -0.39 is 5.82 Å². The van der Waals surface area contributed by atoms with Crippen molar-refractivity contribution < 1.29 is 9.13 Å². The number of anilines is 2. The number of hydrogen-bond donors (Lipinski definition) is 2. The molecule has 172 valence electrons. The third kappa shape index (κ3) is 4.62. The average molecular weight is 457 g/mol. The fraction of sp³-hybridized carbons (Fsp3) is 0.269. The molecule has 0 atom stereocenters. The molecule has 0 bridgehead atoms. The highest BCUT2D eigenvalue weighted by Crippen LogP contribution is 2.39. The maximum Gasteiger partial charge on any atom is 0.288 e. The molecule has 2 aliphatic rings. The van der Waals surface area contributed by atoms with E-state index in [0.29, 0.717) is 11.4 Å². The van der Waals surface area contributed by atoms with Gasteiger partial charge in [0.25, 0.3) is 5.69 Å². The average Bonchev–Trinajstić information content (AvgIpc) is 3.24. The van der Waals surface area contributed by atoms with Crippen molar-refractivity contribution in [1.82, 2.24) is 20.2 Å². The molecule has 1 aromatic heterocycles. The van der Waals surface area contributed by atoms with Crippen LogP contribution >= 0.6 is 0 Å². The summed E-state index contributed by atoms with van der Waals surface area (Å²) in [6, 6.07) is 11.5. The summed E-state index contributed by atoms with van der Waals surface area (Å²) in [4.78, 5) is 14.3. The van der Waals surface area contributed by atoms with Gasteiger partial charge < -0.3 is 15.4 Å². The van der Waals surface area contributed by atoms with Gasteiger partial charge in [0.05, 0.1) is 6.57 Å². The Hall–Kier alpha value is -3.80. The number of benzene rings is 2. The first-order valence-electron chi connectivity index (χ1n) is 11.3. The number of piperazine rings is 1. The molecule has 0 unspecified atom stereocenters. The number of fused-ring (bicyclic) bond motifs is 1. The number of allylic oxidation sites excluding steroid dienone is 1. The van der Waals surface area contributed by atoms with Crippen molar-refractivity contribution in [3.05, 3.63) is 82.2 Å². The SMILES string of the molecule is [C-]#[N+]c1c(Nc2ccc(CN3CCNCC3)cc2)ncnc1Oc1ccc2c(c1F)C=C(C)C2. The topological polar surface area (TPSA) is 66.7 Å². The van der Waals surface area contributed by atoms with Crippen LogP contribution in [0.3, 0.4) is 0 Å². The van der Waals surface area contributed by atoms with E-state index in [0.717, 1.165) is 56.0 Å². The maximum absolute atomic E-state index is 15.0. The first-order valence-corrected chi connectivity index (χ1v) is 11.3. The van der Waals surface area contributed by atoms with E-state index in [4.69, 9.17) is 11.3 Å². The van der Waals surface area contributed by atoms with Crippen LogP contribution in [-0.4, -0.2) is 41.0 Å². The fourth-order valence-corrected chi connectivity index (χ4v) is 4.29. The lowest BCUT2D eigenvalue weighted by Gasteiger charge is -2.27. The van der Waals surface area contributed by atoms with Crippen LogP contribution in [0.1, 0.15) is 23.6 Å². The highest BCUT2D eigenvalue weighted by Gasteiger charge is 2.21. The largest absolute Gasteiger partial charge is 0.446 e. The second-order valence-corrected chi connectivity index (χ2v) is 8.56. The van der Waals surface area contributed by atoms with Crippen LogP contribution in [0, 0.1) is 12.4 Å². The molecule has 1 aliphatic carbocycles. The summed E-state index contributed by atoms with van der Waals surface area (Å²) in [6.07, 6.45) is 3.86. The molecule has 7 nitrogen and oxygen atoms in total. The predicted octanol–water partition coefficient (Wildman–Crippen LogP) is 5.07. The van der Waals surface area contributed by atoms with Crippen LogP contribution in [0.2, 0.25) is 0 Å². The molecule has 1 aliphatic heterocycles. The van der Waals surface area contributed by atoms with E-state index in [1.165, 1.54) is 11.9 Å². The standard InChI is InChI=1S/C26H25FN6O/c1-17-13-19-5-8-22(23(27)21(19)14-17)34-26-24(28-2)25(30-16-31-26)32-20-6-3-18(4-7-20)15-33-11-9-29-10-12-33/h3-8,14,16,29H,9-13,15H2,1H3,(H,30,31,32). The quantitative estimate of drug-likeness (QED) is 0.505. The minimum atomic E-state index is -0.446. The molecule has 1 fully saturated rings. The lowest BCUT2D eigenvalue weighted by Crippen LogP contribution is -2.42. The number of halogens is 1. The zero-order valence-electron chi connectivity index (χ0n) is 18.9. The Morgan fingerprint density at radius 2 is 1.94 bits per heavy atom. The van der Waals surface area contributed by atoms with Crippen molar-refractivity contribution >= 4 is 23.3 Å². The first kappa shape index (κ1) is 22.0. The summed E-state index contributed by atoms with van der Waals surface area (Å²) in [5.41, 5.74) is 4.68. The van der Waals surface area contributed by atoms with Gasteiger partial charge in [0.15, 0.2) is 11.6 Å². The number of aromatic nitrogens is 2. The van der Waals surface area contributed by atoms with Crippen molar-refractivity contribution in [2.45, 2.75) is 19.9 Å². The van der Waals surface area contributed by atoms with Gasteiger partial charge in [-0.1, -0.05) is 29.8 Å². The molecular weight excluding hydrogens is 431 g/mol. The summed E-state index contributed by atoms with van der Waals surface area (Å²) in [6.45, 7) is 14.6. The number of nitrogens with one attached hydrogen (secondary N) is 2. The molecule has 0 radical (unpaired) electrons. The van der Waals surface area contributed by atoms with Gasteiger partial charge >= 0.3 is 0 Å². The summed E-state index contributed by atoms with van der Waals surface area (Å²) in [5, 5.41) is 6.53. The van der Waals surface area contributed by atoms with Crippen molar-refractivity contribution in [2.24, 2.45) is 0 Å². The zero-order chi connectivity index (χ0) is 23.5. The van der Waals surface area contributed by atoms with E-state index in [-0.39, 0.29) is 17.3 Å². The summed E-state index contributed by atoms with van der Waals surface area (Å²) in [5.74, 6) is -0.0810. The zero-order valence-corrected chi connectivity index (χ0v) is 18.9. The molecule has 5 rings (SSSR count). The maximum atomic E-state index is 15.0. The van der Waals surface area contributed by atoms with E-state index in [2.05, 4.69) is 42.5 Å². The van der Waals surface area contributed by atoms with Crippen LogP contribution in [0.25, 0.3) is 10.9 Å². The molecule has 2 heterocycles. The summed E-state index contributed by atoms with van der Waals surface area (Å²) in [7, 11) is 0. The van der Waals surface area contributed by atoms with Gasteiger partial charge in [-0.05, 0) is 42.7 Å². The monoisotopic (exact) mass is 456 g/mol. The van der Waals surface area contributed by atoms with Crippen molar-refractivity contribution in [3.63, 3.8) is 0 Å². The second-order valence-electron chi connectivity index (χ2n) is 8.56. The number of rotatable bonds is 6. The van der Waals surface area contributed by atoms with Crippen molar-refractivity contribution in [3.8, 4) is 11.6 Å². The second kappa shape index (κ2) is 9.59. The van der Waals surface area contributed by atoms with Gasteiger partial charge in [-0.25, -0.2) is 19.2 Å². The summed E-state index contributed by atoms with van der Waals surface area (Å²) < 4.78 is 20.8. The van der Waals surface area contributed by atoms with Gasteiger partial charge in [-0.15, -0.1) is 0 Å². The van der Waals surface area contributed by atoms with Crippen LogP contribution in [0.4, 0.5) is 21.6 Å². The number of ether oxygens (including phenoxy) is 1. The minimum Gasteiger partial charge on any atom is -0.446 e. The normalized spacial score (nSPS) is 15.4.